The van der Waals surface area contributed by atoms with Crippen molar-refractivity contribution in [2.75, 3.05) is 13.1 Å². The van der Waals surface area contributed by atoms with Crippen molar-refractivity contribution in [2.45, 2.75) is 39.7 Å². The van der Waals surface area contributed by atoms with Gasteiger partial charge in [-0.1, -0.05) is 13.0 Å². The number of piperidine rings is 1. The van der Waals surface area contributed by atoms with Crippen LogP contribution in [0.2, 0.25) is 0 Å². The second-order valence-electron chi connectivity index (χ2n) is 6.87. The molecule has 3 rings (SSSR count). The van der Waals surface area contributed by atoms with E-state index in [-0.39, 0.29) is 17.9 Å². The molecule has 6 heteroatoms. The van der Waals surface area contributed by atoms with Gasteiger partial charge in [0.05, 0.1) is 5.52 Å². The van der Waals surface area contributed by atoms with Crippen molar-refractivity contribution in [3.05, 3.63) is 35.9 Å². The Kier molecular flexibility index (Phi) is 4.55. The summed E-state index contributed by atoms with van der Waals surface area (Å²) in [5.74, 6) is 0.456. The van der Waals surface area contributed by atoms with Gasteiger partial charge in [-0.15, -0.1) is 0 Å². The molecule has 128 valence electrons. The van der Waals surface area contributed by atoms with E-state index in [2.05, 4.69) is 17.2 Å². The van der Waals surface area contributed by atoms with E-state index in [0.29, 0.717) is 23.0 Å². The molecule has 1 fully saturated rings. The fourth-order valence-electron chi connectivity index (χ4n) is 3.20. The first-order valence-electron chi connectivity index (χ1n) is 8.54. The monoisotopic (exact) mass is 328 g/mol. The maximum atomic E-state index is 12.9. The van der Waals surface area contributed by atoms with Gasteiger partial charge >= 0.3 is 0 Å². The van der Waals surface area contributed by atoms with Crippen LogP contribution in [0, 0.1) is 5.92 Å². The standard InChI is InChI=1S/C18H24N4O2/c1-12(2)19-17(23)15-14-8-4-5-10-22(14)16(20-15)18(24)21-9-6-7-13(3)11-21/h4-5,8,10,12-13H,6-7,9,11H2,1-3H3,(H,19,23). The van der Waals surface area contributed by atoms with Crippen molar-refractivity contribution in [3.63, 3.8) is 0 Å². The Labute approximate surface area is 141 Å². The Bertz CT molecular complexity index is 765. The lowest BCUT2D eigenvalue weighted by Crippen LogP contribution is -2.40. The second kappa shape index (κ2) is 6.63. The number of amides is 2. The molecule has 2 amide bonds. The summed E-state index contributed by atoms with van der Waals surface area (Å²) in [7, 11) is 0. The Hall–Kier alpha value is -2.37. The predicted octanol–water partition coefficient (Wildman–Crippen LogP) is 2.34. The smallest absolute Gasteiger partial charge is 0.290 e. The second-order valence-corrected chi connectivity index (χ2v) is 6.87. The van der Waals surface area contributed by atoms with E-state index >= 15 is 0 Å². The van der Waals surface area contributed by atoms with Gasteiger partial charge in [0.1, 0.15) is 0 Å². The fraction of sp³-hybridized carbons (Fsp3) is 0.500. The third-order valence-electron chi connectivity index (χ3n) is 4.32. The number of hydrogen-bond donors (Lipinski definition) is 1. The first kappa shape index (κ1) is 16.5. The Morgan fingerprint density at radius 1 is 1.33 bits per heavy atom. The molecule has 1 aliphatic heterocycles. The molecule has 24 heavy (non-hydrogen) atoms. The zero-order chi connectivity index (χ0) is 17.3. The van der Waals surface area contributed by atoms with Gasteiger partial charge in [0, 0.05) is 25.3 Å². The van der Waals surface area contributed by atoms with Crippen LogP contribution >= 0.6 is 0 Å². The number of carbonyl (C=O) groups excluding carboxylic acids is 2. The topological polar surface area (TPSA) is 66.7 Å². The van der Waals surface area contributed by atoms with Crippen LogP contribution in [0.1, 0.15) is 54.7 Å². The van der Waals surface area contributed by atoms with E-state index in [1.807, 2.05) is 36.9 Å². The number of hydrogen-bond acceptors (Lipinski definition) is 3. The zero-order valence-electron chi connectivity index (χ0n) is 14.5. The van der Waals surface area contributed by atoms with Gasteiger partial charge in [-0.3, -0.25) is 14.0 Å². The quantitative estimate of drug-likeness (QED) is 0.940. The minimum atomic E-state index is -0.250. The van der Waals surface area contributed by atoms with Gasteiger partial charge in [0.2, 0.25) is 5.82 Å². The molecule has 1 saturated heterocycles. The SMILES string of the molecule is CC1CCCN(C(=O)c2nc(C(=O)NC(C)C)c3ccccn23)C1. The molecule has 0 aliphatic carbocycles. The van der Waals surface area contributed by atoms with E-state index in [1.54, 1.807) is 10.6 Å². The third-order valence-corrected chi connectivity index (χ3v) is 4.32. The minimum Gasteiger partial charge on any atom is -0.348 e. The molecule has 6 nitrogen and oxygen atoms in total. The van der Waals surface area contributed by atoms with Gasteiger partial charge in [0.15, 0.2) is 5.69 Å². The van der Waals surface area contributed by atoms with Crippen molar-refractivity contribution in [1.29, 1.82) is 0 Å². The van der Waals surface area contributed by atoms with Crippen LogP contribution in [0.3, 0.4) is 0 Å². The minimum absolute atomic E-state index is 0.0139. The summed E-state index contributed by atoms with van der Waals surface area (Å²) in [6, 6.07) is 5.52. The Balaban J connectivity index is 1.99. The maximum Gasteiger partial charge on any atom is 0.290 e. The largest absolute Gasteiger partial charge is 0.348 e. The van der Waals surface area contributed by atoms with E-state index in [9.17, 15) is 9.59 Å². The van der Waals surface area contributed by atoms with E-state index in [4.69, 9.17) is 0 Å². The summed E-state index contributed by atoms with van der Waals surface area (Å²) in [5, 5.41) is 2.85. The van der Waals surface area contributed by atoms with Crippen LogP contribution in [-0.4, -0.2) is 45.2 Å². The molecule has 0 spiro atoms. The van der Waals surface area contributed by atoms with Crippen LogP contribution in [0.5, 0.6) is 0 Å². The van der Waals surface area contributed by atoms with Crippen LogP contribution in [0.4, 0.5) is 0 Å². The van der Waals surface area contributed by atoms with Crippen molar-refractivity contribution >= 4 is 17.3 Å². The highest BCUT2D eigenvalue weighted by molar-refractivity contribution is 6.02. The van der Waals surface area contributed by atoms with Crippen LogP contribution in [0.25, 0.3) is 5.52 Å². The molecule has 0 radical (unpaired) electrons. The highest BCUT2D eigenvalue weighted by Gasteiger charge is 2.27. The average Bonchev–Trinajstić information content (AvgIpc) is 2.93. The molecule has 1 unspecified atom stereocenters. The van der Waals surface area contributed by atoms with E-state index < -0.39 is 0 Å². The zero-order valence-corrected chi connectivity index (χ0v) is 14.5. The van der Waals surface area contributed by atoms with Gasteiger partial charge in [-0.2, -0.15) is 0 Å². The Morgan fingerprint density at radius 2 is 2.12 bits per heavy atom. The molecular weight excluding hydrogens is 304 g/mol. The molecule has 1 atom stereocenters. The highest BCUT2D eigenvalue weighted by Crippen LogP contribution is 2.20. The number of fused-ring (bicyclic) bond motifs is 1. The number of nitrogens with one attached hydrogen (secondary N) is 1. The highest BCUT2D eigenvalue weighted by atomic mass is 16.2. The summed E-state index contributed by atoms with van der Waals surface area (Å²) in [4.78, 5) is 31.6. The van der Waals surface area contributed by atoms with Crippen LogP contribution in [-0.2, 0) is 0 Å². The van der Waals surface area contributed by atoms with Crippen molar-refractivity contribution in [2.24, 2.45) is 5.92 Å². The first-order valence-corrected chi connectivity index (χ1v) is 8.54. The average molecular weight is 328 g/mol. The first-order chi connectivity index (χ1) is 11.5. The third kappa shape index (κ3) is 3.13. The summed E-state index contributed by atoms with van der Waals surface area (Å²) in [6.45, 7) is 7.45. The lowest BCUT2D eigenvalue weighted by molar-refractivity contribution is 0.0670. The summed E-state index contributed by atoms with van der Waals surface area (Å²) >= 11 is 0. The molecule has 1 aliphatic rings. The van der Waals surface area contributed by atoms with Gasteiger partial charge < -0.3 is 10.2 Å². The fourth-order valence-corrected chi connectivity index (χ4v) is 3.20. The van der Waals surface area contributed by atoms with Crippen molar-refractivity contribution in [3.8, 4) is 0 Å². The maximum absolute atomic E-state index is 12.9. The lowest BCUT2D eigenvalue weighted by atomic mass is 10.0. The summed E-state index contributed by atoms with van der Waals surface area (Å²) in [5.41, 5.74) is 0.960. The number of imidazole rings is 1. The molecule has 0 aromatic carbocycles. The molecule has 0 saturated carbocycles. The van der Waals surface area contributed by atoms with E-state index in [1.165, 1.54) is 0 Å². The number of rotatable bonds is 3. The van der Waals surface area contributed by atoms with Gasteiger partial charge in [0.25, 0.3) is 11.8 Å². The summed E-state index contributed by atoms with van der Waals surface area (Å²) in [6.07, 6.45) is 3.94. The molecule has 0 bridgehead atoms. The molecule has 2 aromatic heterocycles. The Morgan fingerprint density at radius 3 is 2.83 bits per heavy atom. The molecule has 2 aromatic rings. The normalized spacial score (nSPS) is 18.2. The van der Waals surface area contributed by atoms with Gasteiger partial charge in [-0.25, -0.2) is 4.98 Å². The number of aromatic nitrogens is 2. The summed E-state index contributed by atoms with van der Waals surface area (Å²) < 4.78 is 1.72. The number of carbonyl (C=O) groups is 2. The molecule has 1 N–H and O–H groups in total. The number of nitrogens with zero attached hydrogens (tertiary/aromatic N) is 3. The van der Waals surface area contributed by atoms with Crippen LogP contribution < -0.4 is 5.32 Å². The van der Waals surface area contributed by atoms with E-state index in [0.717, 1.165) is 25.9 Å². The molecule has 3 heterocycles. The lowest BCUT2D eigenvalue weighted by Gasteiger charge is -2.30. The van der Waals surface area contributed by atoms with Crippen LogP contribution in [0.15, 0.2) is 24.4 Å². The van der Waals surface area contributed by atoms with Crippen molar-refractivity contribution < 1.29 is 9.59 Å². The van der Waals surface area contributed by atoms with Gasteiger partial charge in [-0.05, 0) is 44.7 Å². The number of likely N-dealkylation sites (tertiary alicyclic amines) is 1. The molecular formula is C18H24N4O2. The van der Waals surface area contributed by atoms with Crippen molar-refractivity contribution in [1.82, 2.24) is 19.6 Å². The predicted molar refractivity (Wildman–Crippen MR) is 92.1 cm³/mol. The number of pyridine rings is 1.